The highest BCUT2D eigenvalue weighted by Crippen LogP contribution is 2.30. The van der Waals surface area contributed by atoms with Crippen molar-refractivity contribution in [1.82, 2.24) is 10.1 Å². The van der Waals surface area contributed by atoms with Gasteiger partial charge in [-0.25, -0.2) is 9.18 Å². The average molecular weight is 503 g/mol. The lowest BCUT2D eigenvalue weighted by Crippen LogP contribution is -2.46. The van der Waals surface area contributed by atoms with Crippen LogP contribution in [0.25, 0.3) is 0 Å². The fraction of sp³-hybridized carbons (Fsp3) is 0.364. The lowest BCUT2D eigenvalue weighted by Gasteiger charge is -2.36. The van der Waals surface area contributed by atoms with Gasteiger partial charge in [-0.05, 0) is 24.3 Å². The van der Waals surface area contributed by atoms with Gasteiger partial charge in [-0.1, -0.05) is 16.5 Å². The summed E-state index contributed by atoms with van der Waals surface area (Å²) in [5.41, 5.74) is 0.926. The van der Waals surface area contributed by atoms with Crippen LogP contribution in [0.5, 0.6) is 0 Å². The van der Waals surface area contributed by atoms with Crippen LogP contribution in [0.3, 0.4) is 0 Å². The van der Waals surface area contributed by atoms with Crippen molar-refractivity contribution in [3.8, 4) is 0 Å². The number of carbonyl (C=O) groups is 1. The summed E-state index contributed by atoms with van der Waals surface area (Å²) in [6.45, 7) is 3.98. The molecule has 5 rings (SSSR count). The van der Waals surface area contributed by atoms with Gasteiger partial charge in [0.15, 0.2) is 5.82 Å². The van der Waals surface area contributed by atoms with Crippen molar-refractivity contribution in [1.29, 1.82) is 0 Å². The van der Waals surface area contributed by atoms with Gasteiger partial charge >= 0.3 is 11.1 Å². The average Bonchev–Trinajstić information content (AvgIpc) is 3.60. The summed E-state index contributed by atoms with van der Waals surface area (Å²) in [7, 11) is 0. The third kappa shape index (κ3) is 5.20. The Hall–Kier alpha value is -3.71. The topological polar surface area (TPSA) is 117 Å². The smallest absolute Gasteiger partial charge is 0.414 e. The Morgan fingerprint density at radius 2 is 2.03 bits per heavy atom. The van der Waals surface area contributed by atoms with Crippen LogP contribution in [0, 0.1) is 15.9 Å². The number of nitrogens with one attached hydrogen (secondary N) is 1. The number of thiophene rings is 1. The first kappa shape index (κ1) is 23.1. The number of nitrogens with zero attached hydrogens (tertiary/aromatic N) is 5. The van der Waals surface area contributed by atoms with E-state index in [1.165, 1.54) is 34.6 Å². The van der Waals surface area contributed by atoms with Crippen molar-refractivity contribution >= 4 is 39.6 Å². The second-order valence-corrected chi connectivity index (χ2v) is 9.42. The molecule has 0 radical (unpaired) electrons. The van der Waals surface area contributed by atoms with Crippen molar-refractivity contribution in [3.63, 3.8) is 0 Å². The number of carbonyl (C=O) groups excluding carboxylic acids is 1. The van der Waals surface area contributed by atoms with E-state index in [2.05, 4.69) is 15.4 Å². The van der Waals surface area contributed by atoms with Crippen LogP contribution < -0.4 is 15.1 Å². The molecular formula is C22H23FN6O5S. The summed E-state index contributed by atoms with van der Waals surface area (Å²) in [6, 6.07) is 9.75. The Bertz CT molecular complexity index is 1200. The highest BCUT2D eigenvalue weighted by molar-refractivity contribution is 7.15. The molecule has 0 spiro atoms. The fourth-order valence-corrected chi connectivity index (χ4v) is 5.06. The van der Waals surface area contributed by atoms with Crippen LogP contribution in [0.15, 0.2) is 47.2 Å². The molecule has 35 heavy (non-hydrogen) atoms. The van der Waals surface area contributed by atoms with E-state index in [1.807, 2.05) is 4.90 Å². The van der Waals surface area contributed by atoms with E-state index in [9.17, 15) is 14.9 Å². The molecule has 13 heteroatoms. The number of cyclic esters (lactones) is 1. The Morgan fingerprint density at radius 3 is 2.71 bits per heavy atom. The van der Waals surface area contributed by atoms with E-state index in [4.69, 9.17) is 9.26 Å². The summed E-state index contributed by atoms with van der Waals surface area (Å²) in [5, 5.41) is 17.8. The second-order valence-electron chi connectivity index (χ2n) is 8.28. The van der Waals surface area contributed by atoms with Crippen LogP contribution in [-0.4, -0.2) is 66.4 Å². The molecule has 2 saturated heterocycles. The molecule has 0 aliphatic carbocycles. The maximum Gasteiger partial charge on any atom is 0.414 e. The molecule has 0 saturated carbocycles. The van der Waals surface area contributed by atoms with Gasteiger partial charge in [0.25, 0.3) is 0 Å². The number of hydrogen-bond donors (Lipinski definition) is 1. The van der Waals surface area contributed by atoms with E-state index < -0.39 is 18.0 Å². The van der Waals surface area contributed by atoms with Gasteiger partial charge < -0.3 is 19.5 Å². The summed E-state index contributed by atoms with van der Waals surface area (Å²) < 4.78 is 25.2. The zero-order valence-corrected chi connectivity index (χ0v) is 19.4. The number of hydrogen-bond acceptors (Lipinski definition) is 10. The van der Waals surface area contributed by atoms with E-state index in [0.717, 1.165) is 4.88 Å². The minimum Gasteiger partial charge on any atom is -0.442 e. The number of amides is 1. The normalized spacial score (nSPS) is 18.7. The molecule has 1 atom stereocenters. The molecule has 2 fully saturated rings. The lowest BCUT2D eigenvalue weighted by molar-refractivity contribution is -0.380. The highest BCUT2D eigenvalue weighted by Gasteiger charge is 2.33. The summed E-state index contributed by atoms with van der Waals surface area (Å²) in [6.07, 6.45) is 0.517. The first-order valence-corrected chi connectivity index (χ1v) is 11.9. The third-order valence-electron chi connectivity index (χ3n) is 5.99. The molecular weight excluding hydrogens is 479 g/mol. The molecule has 1 N–H and O–H groups in total. The zero-order chi connectivity index (χ0) is 24.4. The van der Waals surface area contributed by atoms with Crippen molar-refractivity contribution in [2.75, 3.05) is 54.4 Å². The van der Waals surface area contributed by atoms with Gasteiger partial charge in [0.2, 0.25) is 0 Å². The Kier molecular flexibility index (Phi) is 6.51. The summed E-state index contributed by atoms with van der Waals surface area (Å²) >= 11 is 1.18. The number of ether oxygens (including phenoxy) is 1. The highest BCUT2D eigenvalue weighted by atomic mass is 32.1. The van der Waals surface area contributed by atoms with Crippen LogP contribution in [0.1, 0.15) is 4.88 Å². The largest absolute Gasteiger partial charge is 0.442 e. The van der Waals surface area contributed by atoms with E-state index >= 15 is 4.39 Å². The predicted molar refractivity (Wildman–Crippen MR) is 127 cm³/mol. The van der Waals surface area contributed by atoms with Gasteiger partial charge in [0.05, 0.1) is 29.4 Å². The maximum absolute atomic E-state index is 15.0. The van der Waals surface area contributed by atoms with Crippen molar-refractivity contribution in [2.45, 2.75) is 12.6 Å². The molecule has 4 heterocycles. The van der Waals surface area contributed by atoms with E-state index in [0.29, 0.717) is 63.0 Å². The summed E-state index contributed by atoms with van der Waals surface area (Å²) in [4.78, 5) is 29.4. The number of benzene rings is 1. The van der Waals surface area contributed by atoms with Gasteiger partial charge in [-0.15, -0.1) is 0 Å². The minimum atomic E-state index is -0.522. The Balaban J connectivity index is 1.16. The van der Waals surface area contributed by atoms with Crippen molar-refractivity contribution in [2.24, 2.45) is 0 Å². The first-order chi connectivity index (χ1) is 17.0. The maximum atomic E-state index is 15.0. The van der Waals surface area contributed by atoms with Crippen molar-refractivity contribution in [3.05, 3.63) is 63.5 Å². The number of rotatable bonds is 8. The predicted octanol–water partition coefficient (Wildman–Crippen LogP) is 3.54. The molecule has 3 aromatic rings. The Labute approximate surface area is 203 Å². The number of aromatic nitrogens is 1. The molecule has 2 aromatic heterocycles. The molecule has 11 nitrogen and oxygen atoms in total. The van der Waals surface area contributed by atoms with Gasteiger partial charge in [-0.2, -0.15) is 0 Å². The molecule has 0 bridgehead atoms. The van der Waals surface area contributed by atoms with Gasteiger partial charge in [-0.3, -0.25) is 19.9 Å². The molecule has 0 unspecified atom stereocenters. The van der Waals surface area contributed by atoms with Crippen molar-refractivity contribution < 1.29 is 23.4 Å². The van der Waals surface area contributed by atoms with Crippen LogP contribution >= 0.6 is 11.3 Å². The fourth-order valence-electron chi connectivity index (χ4n) is 4.20. The lowest BCUT2D eigenvalue weighted by atomic mass is 10.2. The van der Waals surface area contributed by atoms with Crippen LogP contribution in [-0.2, 0) is 11.3 Å². The number of halogens is 1. The summed E-state index contributed by atoms with van der Waals surface area (Å²) in [5.74, 6) is 0.147. The SMILES string of the molecule is O=C1O[C@@H](CNc2ccon2)CN1c1ccc(N2CCN(Cc3ccc([N+](=O)[O-])s3)CC2)c(F)c1. The van der Waals surface area contributed by atoms with E-state index in [-0.39, 0.29) is 9.92 Å². The molecule has 184 valence electrons. The second kappa shape index (κ2) is 9.88. The number of piperazine rings is 1. The minimum absolute atomic E-state index is 0.139. The molecule has 2 aliphatic heterocycles. The monoisotopic (exact) mass is 502 g/mol. The number of nitro groups is 1. The van der Waals surface area contributed by atoms with Crippen LogP contribution in [0.4, 0.5) is 31.4 Å². The number of anilines is 3. The quantitative estimate of drug-likeness (QED) is 0.364. The zero-order valence-electron chi connectivity index (χ0n) is 18.6. The first-order valence-electron chi connectivity index (χ1n) is 11.1. The van der Waals surface area contributed by atoms with Gasteiger partial charge in [0.1, 0.15) is 18.2 Å². The molecule has 1 amide bonds. The standard InChI is InChI=1S/C22H23FN6O5S/c23-18-11-15(28-13-16(34-22(28)30)12-24-20-5-10-33-25-20)1-3-19(18)27-8-6-26(7-9-27)14-17-2-4-21(35-17)29(31)32/h1-5,10-11,16H,6-9,12-14H2,(H,24,25)/t16-/m0/s1. The third-order valence-corrected chi connectivity index (χ3v) is 7.01. The Morgan fingerprint density at radius 1 is 1.20 bits per heavy atom. The van der Waals surface area contributed by atoms with E-state index in [1.54, 1.807) is 24.3 Å². The van der Waals surface area contributed by atoms with Crippen LogP contribution in [0.2, 0.25) is 0 Å². The molecule has 2 aliphatic rings. The molecule has 1 aromatic carbocycles. The van der Waals surface area contributed by atoms with Gasteiger partial charge in [0, 0.05) is 49.7 Å².